The van der Waals surface area contributed by atoms with Crippen molar-refractivity contribution in [1.82, 2.24) is 25.0 Å². The Morgan fingerprint density at radius 3 is 2.52 bits per heavy atom. The summed E-state index contributed by atoms with van der Waals surface area (Å²) in [6.07, 6.45) is 0. The van der Waals surface area contributed by atoms with Crippen molar-refractivity contribution in [3.8, 4) is 11.4 Å². The van der Waals surface area contributed by atoms with Crippen molar-refractivity contribution >= 4 is 22.6 Å². The Bertz CT molecular complexity index is 1210. The number of aromatic nitrogens is 5. The van der Waals surface area contributed by atoms with Crippen LogP contribution in [0.1, 0.15) is 16.1 Å². The Morgan fingerprint density at radius 2 is 1.78 bits per heavy atom. The van der Waals surface area contributed by atoms with E-state index in [2.05, 4.69) is 25.6 Å². The first-order chi connectivity index (χ1) is 13.0. The van der Waals surface area contributed by atoms with Gasteiger partial charge in [-0.1, -0.05) is 48.0 Å². The third-order valence-electron chi connectivity index (χ3n) is 4.21. The van der Waals surface area contributed by atoms with Crippen LogP contribution in [0.5, 0.6) is 0 Å². The number of amides is 1. The number of nitrogens with one attached hydrogen (secondary N) is 2. The largest absolute Gasteiger partial charge is 0.288 e. The van der Waals surface area contributed by atoms with E-state index >= 15 is 0 Å². The van der Waals surface area contributed by atoms with Gasteiger partial charge in [0.05, 0.1) is 5.39 Å². The van der Waals surface area contributed by atoms with Crippen molar-refractivity contribution < 1.29 is 4.79 Å². The summed E-state index contributed by atoms with van der Waals surface area (Å²) in [5, 5.41) is 14.5. The molecule has 0 aliphatic carbocycles. The summed E-state index contributed by atoms with van der Waals surface area (Å²) < 4.78 is 1.15. The van der Waals surface area contributed by atoms with Gasteiger partial charge in [-0.15, -0.1) is 5.10 Å². The SMILES string of the molecule is Cc1ccc(-c2nc(NC(=O)c3nn(C)c(=O)c4ccccc34)n[nH]2)cc1. The molecule has 0 saturated carbocycles. The minimum atomic E-state index is -0.490. The van der Waals surface area contributed by atoms with Crippen molar-refractivity contribution in [2.75, 3.05) is 5.32 Å². The van der Waals surface area contributed by atoms with Crippen molar-refractivity contribution in [2.45, 2.75) is 6.92 Å². The summed E-state index contributed by atoms with van der Waals surface area (Å²) in [5.41, 5.74) is 1.87. The van der Waals surface area contributed by atoms with Crippen LogP contribution in [0.3, 0.4) is 0 Å². The van der Waals surface area contributed by atoms with Crippen LogP contribution in [-0.4, -0.2) is 30.9 Å². The molecular weight excluding hydrogens is 344 g/mol. The van der Waals surface area contributed by atoms with Crippen LogP contribution in [0.4, 0.5) is 5.95 Å². The molecule has 0 atom stereocenters. The van der Waals surface area contributed by atoms with Crippen LogP contribution < -0.4 is 10.9 Å². The molecule has 0 spiro atoms. The molecule has 0 aliphatic rings. The lowest BCUT2D eigenvalue weighted by Gasteiger charge is -2.07. The van der Waals surface area contributed by atoms with E-state index in [1.165, 1.54) is 7.05 Å². The predicted octanol–water partition coefficient (Wildman–Crippen LogP) is 2.28. The molecule has 2 heterocycles. The third kappa shape index (κ3) is 3.08. The van der Waals surface area contributed by atoms with Gasteiger partial charge in [0.2, 0.25) is 5.95 Å². The molecule has 4 aromatic rings. The monoisotopic (exact) mass is 360 g/mol. The second-order valence-corrected chi connectivity index (χ2v) is 6.15. The van der Waals surface area contributed by atoms with E-state index in [9.17, 15) is 9.59 Å². The molecule has 8 nitrogen and oxygen atoms in total. The average molecular weight is 360 g/mol. The molecule has 0 saturated heterocycles. The normalized spacial score (nSPS) is 10.9. The molecule has 4 rings (SSSR count). The number of anilines is 1. The molecule has 1 amide bonds. The van der Waals surface area contributed by atoms with Gasteiger partial charge >= 0.3 is 0 Å². The molecule has 8 heteroatoms. The summed E-state index contributed by atoms with van der Waals surface area (Å²) in [5.74, 6) is 0.190. The van der Waals surface area contributed by atoms with Gasteiger partial charge in [-0.3, -0.25) is 20.0 Å². The summed E-state index contributed by atoms with van der Waals surface area (Å²) >= 11 is 0. The lowest BCUT2D eigenvalue weighted by molar-refractivity contribution is 0.102. The zero-order chi connectivity index (χ0) is 19.0. The fourth-order valence-electron chi connectivity index (χ4n) is 2.79. The first kappa shape index (κ1) is 16.6. The molecule has 27 heavy (non-hydrogen) atoms. The highest BCUT2D eigenvalue weighted by molar-refractivity contribution is 6.10. The van der Waals surface area contributed by atoms with Crippen LogP contribution in [-0.2, 0) is 7.05 Å². The van der Waals surface area contributed by atoms with Gasteiger partial charge in [-0.05, 0) is 13.0 Å². The number of H-pyrrole nitrogens is 1. The molecule has 0 aliphatic heterocycles. The maximum atomic E-state index is 12.7. The standard InChI is InChI=1S/C19H16N6O2/c1-11-7-9-12(10-8-11)16-20-19(23-22-16)21-17(26)15-13-5-3-4-6-14(13)18(27)25(2)24-15/h3-10H,1-2H3,(H2,20,21,22,23,26). The van der Waals surface area contributed by atoms with Crippen molar-refractivity contribution in [3.05, 3.63) is 70.1 Å². The molecule has 2 aromatic carbocycles. The highest BCUT2D eigenvalue weighted by Gasteiger charge is 2.17. The number of benzene rings is 2. The van der Waals surface area contributed by atoms with Crippen LogP contribution in [0, 0.1) is 6.92 Å². The molecule has 134 valence electrons. The molecule has 0 unspecified atom stereocenters. The number of carbonyl (C=O) groups is 1. The Balaban J connectivity index is 1.66. The van der Waals surface area contributed by atoms with Crippen LogP contribution >= 0.6 is 0 Å². The Labute approximate surface area is 153 Å². The van der Waals surface area contributed by atoms with Gasteiger partial charge in [0, 0.05) is 18.0 Å². The lowest BCUT2D eigenvalue weighted by Crippen LogP contribution is -2.25. The summed E-state index contributed by atoms with van der Waals surface area (Å²) in [6.45, 7) is 2.00. The highest BCUT2D eigenvalue weighted by Crippen LogP contribution is 2.18. The molecule has 2 N–H and O–H groups in total. The number of aryl methyl sites for hydroxylation is 2. The fraction of sp³-hybridized carbons (Fsp3) is 0.105. The van der Waals surface area contributed by atoms with E-state index in [0.29, 0.717) is 16.6 Å². The number of hydrogen-bond acceptors (Lipinski definition) is 5. The topological polar surface area (TPSA) is 106 Å². The number of hydrogen-bond donors (Lipinski definition) is 2. The summed E-state index contributed by atoms with van der Waals surface area (Å²) in [7, 11) is 1.51. The average Bonchev–Trinajstić information content (AvgIpc) is 3.13. The smallest absolute Gasteiger partial charge is 0.279 e. The highest BCUT2D eigenvalue weighted by atomic mass is 16.2. The number of nitrogens with zero attached hydrogens (tertiary/aromatic N) is 4. The fourth-order valence-corrected chi connectivity index (χ4v) is 2.79. The second kappa shape index (κ2) is 6.49. The van der Waals surface area contributed by atoms with E-state index in [-0.39, 0.29) is 17.2 Å². The van der Waals surface area contributed by atoms with E-state index in [1.54, 1.807) is 24.3 Å². The van der Waals surface area contributed by atoms with Crippen molar-refractivity contribution in [3.63, 3.8) is 0 Å². The Hall–Kier alpha value is -3.81. The minimum Gasteiger partial charge on any atom is -0.288 e. The first-order valence-corrected chi connectivity index (χ1v) is 8.30. The predicted molar refractivity (Wildman–Crippen MR) is 101 cm³/mol. The van der Waals surface area contributed by atoms with Gasteiger partial charge in [-0.25, -0.2) is 4.68 Å². The zero-order valence-corrected chi connectivity index (χ0v) is 14.7. The van der Waals surface area contributed by atoms with Gasteiger partial charge < -0.3 is 0 Å². The zero-order valence-electron chi connectivity index (χ0n) is 14.7. The molecule has 2 aromatic heterocycles. The van der Waals surface area contributed by atoms with Crippen LogP contribution in [0.2, 0.25) is 0 Å². The van der Waals surface area contributed by atoms with E-state index < -0.39 is 5.91 Å². The van der Waals surface area contributed by atoms with Gasteiger partial charge in [0.1, 0.15) is 0 Å². The van der Waals surface area contributed by atoms with Crippen LogP contribution in [0.25, 0.3) is 22.2 Å². The first-order valence-electron chi connectivity index (χ1n) is 8.30. The second-order valence-electron chi connectivity index (χ2n) is 6.15. The molecule has 0 radical (unpaired) electrons. The Morgan fingerprint density at radius 1 is 1.07 bits per heavy atom. The third-order valence-corrected chi connectivity index (χ3v) is 4.21. The Kier molecular flexibility index (Phi) is 4.00. The maximum Gasteiger partial charge on any atom is 0.279 e. The number of carbonyl (C=O) groups excluding carboxylic acids is 1. The van der Waals surface area contributed by atoms with Crippen molar-refractivity contribution in [1.29, 1.82) is 0 Å². The number of rotatable bonds is 3. The number of aromatic amines is 1. The molecule has 0 bridgehead atoms. The van der Waals surface area contributed by atoms with Gasteiger partial charge in [-0.2, -0.15) is 10.1 Å². The summed E-state index contributed by atoms with van der Waals surface area (Å²) in [4.78, 5) is 29.2. The van der Waals surface area contributed by atoms with E-state index in [0.717, 1.165) is 15.8 Å². The lowest BCUT2D eigenvalue weighted by atomic mass is 10.1. The van der Waals surface area contributed by atoms with E-state index in [4.69, 9.17) is 0 Å². The van der Waals surface area contributed by atoms with E-state index in [1.807, 2.05) is 31.2 Å². The van der Waals surface area contributed by atoms with Crippen LogP contribution in [0.15, 0.2) is 53.3 Å². The van der Waals surface area contributed by atoms with Gasteiger partial charge in [0.15, 0.2) is 11.5 Å². The molecular formula is C19H16N6O2. The van der Waals surface area contributed by atoms with Crippen molar-refractivity contribution in [2.24, 2.45) is 7.05 Å². The van der Waals surface area contributed by atoms with Gasteiger partial charge in [0.25, 0.3) is 11.5 Å². The quantitative estimate of drug-likeness (QED) is 0.583. The summed E-state index contributed by atoms with van der Waals surface area (Å²) in [6, 6.07) is 14.6. The maximum absolute atomic E-state index is 12.7. The molecule has 0 fully saturated rings. The number of fused-ring (bicyclic) bond motifs is 1. The minimum absolute atomic E-state index is 0.134.